The number of carbonyl (C=O) groups excluding carboxylic acids is 1. The number of carbonyl (C=O) groups is 1. The van der Waals surface area contributed by atoms with Gasteiger partial charge < -0.3 is 24.6 Å². The van der Waals surface area contributed by atoms with E-state index in [4.69, 9.17) is 9.47 Å². The molecule has 12 heteroatoms. The van der Waals surface area contributed by atoms with E-state index in [1.165, 1.54) is 36.2 Å². The quantitative estimate of drug-likeness (QED) is 0.470. The van der Waals surface area contributed by atoms with Crippen molar-refractivity contribution in [2.75, 3.05) is 7.11 Å². The molecule has 2 heterocycles. The number of halogens is 3. The van der Waals surface area contributed by atoms with Crippen molar-refractivity contribution >= 4 is 11.6 Å². The summed E-state index contributed by atoms with van der Waals surface area (Å²) in [6.07, 6.45) is 2.93. The molecule has 2 N–H and O–H groups in total. The number of aromatic nitrogens is 3. The van der Waals surface area contributed by atoms with Gasteiger partial charge in [0.15, 0.2) is 11.4 Å². The van der Waals surface area contributed by atoms with Crippen molar-refractivity contribution in [2.45, 2.75) is 57.7 Å². The SMILES string of the molecule is COc1cc(-c2cnn3cc(OC(C)C(C)(C)O)cnc23)cc(OC(F)F)c1C(=O)N[C@@H]1C[C@@H]1F. The number of benzene rings is 1. The third-order valence-corrected chi connectivity index (χ3v) is 5.71. The first-order chi connectivity index (χ1) is 16.5. The van der Waals surface area contributed by atoms with Gasteiger partial charge >= 0.3 is 6.61 Å². The van der Waals surface area contributed by atoms with Crippen LogP contribution in [-0.4, -0.2) is 63.3 Å². The lowest BCUT2D eigenvalue weighted by atomic mass is 10.0. The highest BCUT2D eigenvalue weighted by Gasteiger charge is 2.40. The molecule has 3 aromatic rings. The number of hydrogen-bond acceptors (Lipinski definition) is 7. The molecule has 1 unspecified atom stereocenters. The number of hydrogen-bond donors (Lipinski definition) is 2. The van der Waals surface area contributed by atoms with Crippen molar-refractivity contribution in [1.82, 2.24) is 19.9 Å². The van der Waals surface area contributed by atoms with Crippen LogP contribution in [0.5, 0.6) is 17.2 Å². The third kappa shape index (κ3) is 5.26. The molecule has 2 aromatic heterocycles. The number of aliphatic hydroxyl groups is 1. The van der Waals surface area contributed by atoms with Crippen LogP contribution in [0, 0.1) is 0 Å². The lowest BCUT2D eigenvalue weighted by molar-refractivity contribution is -0.0502. The first-order valence-electron chi connectivity index (χ1n) is 10.8. The second-order valence-corrected chi connectivity index (χ2v) is 8.79. The van der Waals surface area contributed by atoms with Gasteiger partial charge in [-0.3, -0.25) is 4.79 Å². The van der Waals surface area contributed by atoms with Gasteiger partial charge in [-0.15, -0.1) is 0 Å². The number of rotatable bonds is 9. The maximum atomic E-state index is 13.3. The Morgan fingerprint density at radius 3 is 2.54 bits per heavy atom. The average molecular weight is 494 g/mol. The van der Waals surface area contributed by atoms with Crippen LogP contribution in [0.15, 0.2) is 30.7 Å². The van der Waals surface area contributed by atoms with Gasteiger partial charge in [0.05, 0.1) is 37.3 Å². The molecule has 0 radical (unpaired) electrons. The molecule has 1 aromatic carbocycles. The summed E-state index contributed by atoms with van der Waals surface area (Å²) in [4.78, 5) is 17.0. The van der Waals surface area contributed by atoms with Crippen molar-refractivity contribution in [2.24, 2.45) is 0 Å². The fourth-order valence-corrected chi connectivity index (χ4v) is 3.34. The Morgan fingerprint density at radius 1 is 1.26 bits per heavy atom. The van der Waals surface area contributed by atoms with Gasteiger partial charge in [0, 0.05) is 12.0 Å². The molecule has 9 nitrogen and oxygen atoms in total. The Bertz CT molecular complexity index is 1240. The van der Waals surface area contributed by atoms with Crippen molar-refractivity contribution < 1.29 is 37.3 Å². The van der Waals surface area contributed by atoms with Crippen LogP contribution in [0.2, 0.25) is 0 Å². The summed E-state index contributed by atoms with van der Waals surface area (Å²) in [6.45, 7) is 1.74. The van der Waals surface area contributed by atoms with Gasteiger partial charge in [0.25, 0.3) is 5.91 Å². The molecule has 3 atom stereocenters. The average Bonchev–Trinajstić information content (AvgIpc) is 3.29. The molecule has 35 heavy (non-hydrogen) atoms. The maximum Gasteiger partial charge on any atom is 0.387 e. The molecule has 188 valence electrons. The number of fused-ring (bicyclic) bond motifs is 1. The van der Waals surface area contributed by atoms with Crippen LogP contribution >= 0.6 is 0 Å². The van der Waals surface area contributed by atoms with Crippen LogP contribution in [0.3, 0.4) is 0 Å². The number of nitrogens with zero attached hydrogens (tertiary/aromatic N) is 3. The maximum absolute atomic E-state index is 13.3. The van der Waals surface area contributed by atoms with Crippen LogP contribution in [-0.2, 0) is 0 Å². The molecule has 0 aliphatic heterocycles. The number of ether oxygens (including phenoxy) is 3. The minimum atomic E-state index is -3.21. The molecule has 4 rings (SSSR count). The predicted octanol–water partition coefficient (Wildman–Crippen LogP) is 3.38. The summed E-state index contributed by atoms with van der Waals surface area (Å²) in [7, 11) is 1.28. The Kier molecular flexibility index (Phi) is 6.50. The van der Waals surface area contributed by atoms with E-state index in [0.717, 1.165) is 0 Å². The summed E-state index contributed by atoms with van der Waals surface area (Å²) in [5.41, 5.74) is -0.182. The second kappa shape index (κ2) is 9.25. The summed E-state index contributed by atoms with van der Waals surface area (Å²) in [6, 6.07) is 2.04. The van der Waals surface area contributed by atoms with Gasteiger partial charge in [-0.1, -0.05) is 0 Å². The molecular weight excluding hydrogens is 469 g/mol. The van der Waals surface area contributed by atoms with E-state index >= 15 is 0 Å². The third-order valence-electron chi connectivity index (χ3n) is 5.71. The highest BCUT2D eigenvalue weighted by Crippen LogP contribution is 2.38. The van der Waals surface area contributed by atoms with Gasteiger partial charge in [-0.2, -0.15) is 13.9 Å². The van der Waals surface area contributed by atoms with Crippen molar-refractivity contribution in [3.8, 4) is 28.4 Å². The van der Waals surface area contributed by atoms with E-state index in [1.54, 1.807) is 27.0 Å². The van der Waals surface area contributed by atoms with Gasteiger partial charge in [0.2, 0.25) is 0 Å². The van der Waals surface area contributed by atoms with Crippen molar-refractivity contribution in [3.05, 3.63) is 36.3 Å². The predicted molar refractivity (Wildman–Crippen MR) is 119 cm³/mol. The largest absolute Gasteiger partial charge is 0.496 e. The Morgan fingerprint density at radius 2 is 1.94 bits per heavy atom. The topological polar surface area (TPSA) is 107 Å². The van der Waals surface area contributed by atoms with E-state index in [9.17, 15) is 23.1 Å². The molecule has 1 aliphatic rings. The fraction of sp³-hybridized carbons (Fsp3) is 0.435. The monoisotopic (exact) mass is 494 g/mol. The second-order valence-electron chi connectivity index (χ2n) is 8.79. The fourth-order valence-electron chi connectivity index (χ4n) is 3.34. The number of alkyl halides is 3. The normalized spacial score (nSPS) is 18.4. The van der Waals surface area contributed by atoms with E-state index < -0.39 is 42.2 Å². The van der Waals surface area contributed by atoms with Crippen molar-refractivity contribution in [3.63, 3.8) is 0 Å². The van der Waals surface area contributed by atoms with E-state index in [0.29, 0.717) is 22.5 Å². The summed E-state index contributed by atoms with van der Waals surface area (Å²) < 4.78 is 56.7. The van der Waals surface area contributed by atoms with E-state index in [1.807, 2.05) is 0 Å². The summed E-state index contributed by atoms with van der Waals surface area (Å²) >= 11 is 0. The molecule has 0 spiro atoms. The highest BCUT2D eigenvalue weighted by molar-refractivity contribution is 6.01. The number of nitrogens with one attached hydrogen (secondary N) is 1. The lowest BCUT2D eigenvalue weighted by Gasteiger charge is -2.26. The van der Waals surface area contributed by atoms with Gasteiger partial charge in [-0.05, 0) is 38.5 Å². The molecule has 1 fully saturated rings. The molecule has 1 saturated carbocycles. The summed E-state index contributed by atoms with van der Waals surface area (Å²) in [5, 5.41) is 16.8. The molecule has 1 aliphatic carbocycles. The lowest BCUT2D eigenvalue weighted by Crippen LogP contribution is -2.37. The van der Waals surface area contributed by atoms with Gasteiger partial charge in [-0.25, -0.2) is 13.9 Å². The first kappa shape index (κ1) is 24.6. The highest BCUT2D eigenvalue weighted by atomic mass is 19.3. The zero-order chi connectivity index (χ0) is 25.5. The van der Waals surface area contributed by atoms with E-state index in [2.05, 4.69) is 20.1 Å². The first-order valence-corrected chi connectivity index (χ1v) is 10.8. The van der Waals surface area contributed by atoms with Crippen molar-refractivity contribution in [1.29, 1.82) is 0 Å². The Balaban J connectivity index is 1.72. The molecule has 0 saturated heterocycles. The number of methoxy groups -OCH3 is 1. The Labute approximate surface area is 198 Å². The van der Waals surface area contributed by atoms with Crippen LogP contribution in [0.1, 0.15) is 37.6 Å². The summed E-state index contributed by atoms with van der Waals surface area (Å²) in [5.74, 6) is -0.888. The van der Waals surface area contributed by atoms with Crippen LogP contribution in [0.25, 0.3) is 16.8 Å². The minimum absolute atomic E-state index is 0.0370. The molecular formula is C23H25F3N4O5. The zero-order valence-electron chi connectivity index (χ0n) is 19.5. The minimum Gasteiger partial charge on any atom is -0.496 e. The smallest absolute Gasteiger partial charge is 0.387 e. The molecule has 1 amide bonds. The molecule has 0 bridgehead atoms. The van der Waals surface area contributed by atoms with Gasteiger partial charge in [0.1, 0.15) is 29.3 Å². The Hall–Kier alpha value is -3.54. The number of amides is 1. The zero-order valence-corrected chi connectivity index (χ0v) is 19.5. The van der Waals surface area contributed by atoms with E-state index in [-0.39, 0.29) is 17.7 Å². The standard InChI is InChI=1S/C23H25F3N4O5/c1-11(23(2,3)32)34-13-8-27-20-14(9-28-30(20)10-13)12-5-17(33-4)19(18(6-12)35-22(25)26)21(31)29-16-7-15(16)24/h5-6,8-11,15-16,22,32H,7H2,1-4H3,(H,29,31)/t11?,15-,16+/m0/s1. The van der Waals surface area contributed by atoms with Crippen LogP contribution < -0.4 is 19.5 Å². The van der Waals surface area contributed by atoms with Crippen LogP contribution in [0.4, 0.5) is 13.2 Å².